The molecule has 0 aromatic heterocycles. The lowest BCUT2D eigenvalue weighted by molar-refractivity contribution is 0.433. The van der Waals surface area contributed by atoms with Crippen LogP contribution in [0.2, 0.25) is 0 Å². The van der Waals surface area contributed by atoms with Gasteiger partial charge in [-0.3, -0.25) is 0 Å². The van der Waals surface area contributed by atoms with Crippen LogP contribution in [0.1, 0.15) is 63.3 Å². The van der Waals surface area contributed by atoms with Gasteiger partial charge >= 0.3 is 0 Å². The van der Waals surface area contributed by atoms with Crippen LogP contribution in [0.3, 0.4) is 0 Å². The van der Waals surface area contributed by atoms with Gasteiger partial charge < -0.3 is 0 Å². The van der Waals surface area contributed by atoms with E-state index in [1.807, 2.05) is 0 Å². The van der Waals surface area contributed by atoms with Gasteiger partial charge in [0, 0.05) is 5.41 Å². The van der Waals surface area contributed by atoms with Gasteiger partial charge in [-0.1, -0.05) is 116 Å². The molecule has 0 aliphatic carbocycles. The van der Waals surface area contributed by atoms with E-state index in [0.717, 1.165) is 6.42 Å². The Kier molecular flexibility index (Phi) is 9.51. The van der Waals surface area contributed by atoms with E-state index >= 15 is 0 Å². The summed E-state index contributed by atoms with van der Waals surface area (Å²) >= 11 is 0. The summed E-state index contributed by atoms with van der Waals surface area (Å²) in [5.41, 5.74) is 6.44. The molecule has 2 rings (SSSR count). The molecule has 0 amide bonds. The lowest BCUT2D eigenvalue weighted by atomic mass is 9.60. The number of hydrogen-bond acceptors (Lipinski definition) is 0. The van der Waals surface area contributed by atoms with Gasteiger partial charge in [0.05, 0.1) is 0 Å². The molecule has 0 saturated heterocycles. The van der Waals surface area contributed by atoms with Crippen molar-refractivity contribution >= 4 is 0 Å². The van der Waals surface area contributed by atoms with Gasteiger partial charge in [-0.05, 0) is 69.9 Å². The molecule has 32 heavy (non-hydrogen) atoms. The van der Waals surface area contributed by atoms with Gasteiger partial charge in [0.2, 0.25) is 0 Å². The van der Waals surface area contributed by atoms with Crippen LogP contribution in [0.25, 0.3) is 0 Å². The molecule has 0 heteroatoms. The molecule has 0 aliphatic heterocycles. The fourth-order valence-electron chi connectivity index (χ4n) is 4.78. The van der Waals surface area contributed by atoms with Crippen molar-refractivity contribution in [3.63, 3.8) is 0 Å². The van der Waals surface area contributed by atoms with Crippen LogP contribution < -0.4 is 0 Å². The Morgan fingerprint density at radius 3 is 1.75 bits per heavy atom. The number of aryl methyl sites for hydroxylation is 2. The van der Waals surface area contributed by atoms with Gasteiger partial charge in [0.1, 0.15) is 0 Å². The summed E-state index contributed by atoms with van der Waals surface area (Å²) in [6.07, 6.45) is 14.6. The van der Waals surface area contributed by atoms with Gasteiger partial charge in [-0.2, -0.15) is 0 Å². The second kappa shape index (κ2) is 11.9. The zero-order chi connectivity index (χ0) is 23.7. The van der Waals surface area contributed by atoms with E-state index < -0.39 is 0 Å². The van der Waals surface area contributed by atoms with Crippen LogP contribution in [-0.2, 0) is 5.41 Å². The first-order valence-electron chi connectivity index (χ1n) is 12.0. The van der Waals surface area contributed by atoms with Crippen LogP contribution in [0.5, 0.6) is 0 Å². The largest absolute Gasteiger partial charge is 0.103 e. The molecule has 0 bridgehead atoms. The molecule has 2 aromatic carbocycles. The predicted molar refractivity (Wildman–Crippen MR) is 143 cm³/mol. The highest BCUT2D eigenvalue weighted by atomic mass is 14.4. The summed E-state index contributed by atoms with van der Waals surface area (Å²) in [5, 5.41) is 0. The van der Waals surface area contributed by atoms with Crippen LogP contribution in [-0.4, -0.2) is 0 Å². The second-order valence-electron chi connectivity index (χ2n) is 9.28. The maximum atomic E-state index is 4.04. The predicted octanol–water partition coefficient (Wildman–Crippen LogP) is 9.15. The van der Waals surface area contributed by atoms with Crippen molar-refractivity contribution in [3.8, 4) is 0 Å². The molecule has 2 aromatic rings. The number of rotatable bonds is 10. The zero-order valence-corrected chi connectivity index (χ0v) is 21.2. The molecular formula is C32H42. The third kappa shape index (κ3) is 5.60. The van der Waals surface area contributed by atoms with E-state index in [1.54, 1.807) is 0 Å². The highest BCUT2D eigenvalue weighted by molar-refractivity contribution is 5.51. The molecule has 0 nitrogen and oxygen atoms in total. The smallest absolute Gasteiger partial charge is 0.0474 e. The standard InChI is InChI=1S/C32H42/c1-9-12-14-29(13-10-2)32(30-19-15-24(4)16-20-30,31-21-17-25(5)18-22-31)28(8)23-27(7)26(6)11-3/h9-13,15-23,26-27,29H,3,14H2,1-2,4-8H3/b12-9+,13-10-,28-23+. The molecule has 0 heterocycles. The monoisotopic (exact) mass is 426 g/mol. The number of allylic oxidation sites excluding steroid dienone is 7. The van der Waals surface area contributed by atoms with Crippen molar-refractivity contribution < 1.29 is 0 Å². The first kappa shape index (κ1) is 25.7. The van der Waals surface area contributed by atoms with E-state index in [9.17, 15) is 0 Å². The minimum absolute atomic E-state index is 0.247. The van der Waals surface area contributed by atoms with Gasteiger partial charge in [0.25, 0.3) is 0 Å². The van der Waals surface area contributed by atoms with Crippen molar-refractivity contribution in [2.45, 2.75) is 60.3 Å². The molecule has 0 aliphatic rings. The minimum atomic E-state index is -0.247. The third-order valence-electron chi connectivity index (χ3n) is 6.96. The normalized spacial score (nSPS) is 15.8. The first-order valence-corrected chi connectivity index (χ1v) is 12.0. The Morgan fingerprint density at radius 1 is 0.844 bits per heavy atom. The van der Waals surface area contributed by atoms with E-state index in [2.05, 4.69) is 140 Å². The minimum Gasteiger partial charge on any atom is -0.103 e. The average molecular weight is 427 g/mol. The van der Waals surface area contributed by atoms with Crippen LogP contribution in [0.4, 0.5) is 0 Å². The maximum absolute atomic E-state index is 4.04. The molecule has 3 unspecified atom stereocenters. The molecule has 0 radical (unpaired) electrons. The topological polar surface area (TPSA) is 0 Å². The molecule has 0 fully saturated rings. The lowest BCUT2D eigenvalue weighted by Gasteiger charge is -2.43. The highest BCUT2D eigenvalue weighted by Crippen LogP contribution is 2.48. The van der Waals surface area contributed by atoms with Gasteiger partial charge in [0.15, 0.2) is 0 Å². The molecule has 0 saturated carbocycles. The lowest BCUT2D eigenvalue weighted by Crippen LogP contribution is -2.37. The Bertz CT molecular complexity index is 889. The molecular weight excluding hydrogens is 384 g/mol. The summed E-state index contributed by atoms with van der Waals surface area (Å²) in [5.74, 6) is 1.14. The average Bonchev–Trinajstić information content (AvgIpc) is 2.79. The summed E-state index contributed by atoms with van der Waals surface area (Å²) in [6, 6.07) is 18.3. The summed E-state index contributed by atoms with van der Waals surface area (Å²) in [4.78, 5) is 0. The second-order valence-corrected chi connectivity index (χ2v) is 9.28. The first-order chi connectivity index (χ1) is 15.3. The fourth-order valence-corrected chi connectivity index (χ4v) is 4.78. The van der Waals surface area contributed by atoms with E-state index in [1.165, 1.54) is 27.8 Å². The molecule has 0 N–H and O–H groups in total. The SMILES string of the molecule is C=CC(C)C(C)/C=C(\C)C(c1ccc(C)cc1)(c1ccc(C)cc1)C(/C=C\C)C/C=C/C. The Hall–Kier alpha value is -2.60. The summed E-state index contributed by atoms with van der Waals surface area (Å²) < 4.78 is 0. The van der Waals surface area contributed by atoms with Crippen molar-refractivity contribution in [2.75, 3.05) is 0 Å². The number of hydrogen-bond donors (Lipinski definition) is 0. The Balaban J connectivity index is 2.94. The summed E-state index contributed by atoms with van der Waals surface area (Å²) in [6.45, 7) is 19.5. The van der Waals surface area contributed by atoms with Crippen molar-refractivity contribution in [2.24, 2.45) is 17.8 Å². The van der Waals surface area contributed by atoms with Crippen molar-refractivity contribution in [1.82, 2.24) is 0 Å². The van der Waals surface area contributed by atoms with Gasteiger partial charge in [-0.15, -0.1) is 6.58 Å². The van der Waals surface area contributed by atoms with Crippen LogP contribution in [0.15, 0.2) is 97.1 Å². The van der Waals surface area contributed by atoms with Gasteiger partial charge in [-0.25, -0.2) is 0 Å². The molecule has 0 spiro atoms. The molecule has 3 atom stereocenters. The van der Waals surface area contributed by atoms with E-state index in [-0.39, 0.29) is 5.41 Å². The fraction of sp³-hybridized carbons (Fsp3) is 0.375. The van der Waals surface area contributed by atoms with Crippen LogP contribution in [0, 0.1) is 31.6 Å². The third-order valence-corrected chi connectivity index (χ3v) is 6.96. The van der Waals surface area contributed by atoms with E-state index in [0.29, 0.717) is 17.8 Å². The summed E-state index contributed by atoms with van der Waals surface area (Å²) in [7, 11) is 0. The zero-order valence-electron chi connectivity index (χ0n) is 21.2. The molecule has 170 valence electrons. The van der Waals surface area contributed by atoms with Crippen molar-refractivity contribution in [1.29, 1.82) is 0 Å². The maximum Gasteiger partial charge on any atom is 0.0474 e. The quantitative estimate of drug-likeness (QED) is 0.332. The Morgan fingerprint density at radius 2 is 1.34 bits per heavy atom. The van der Waals surface area contributed by atoms with Crippen molar-refractivity contribution in [3.05, 3.63) is 119 Å². The van der Waals surface area contributed by atoms with Crippen LogP contribution >= 0.6 is 0 Å². The Labute approximate surface area is 197 Å². The number of benzene rings is 2. The van der Waals surface area contributed by atoms with E-state index in [4.69, 9.17) is 0 Å². The highest BCUT2D eigenvalue weighted by Gasteiger charge is 2.42.